The van der Waals surface area contributed by atoms with Crippen molar-refractivity contribution in [3.8, 4) is 0 Å². The van der Waals surface area contributed by atoms with Crippen molar-refractivity contribution in [1.29, 1.82) is 0 Å². The summed E-state index contributed by atoms with van der Waals surface area (Å²) >= 11 is 5.87. The first-order chi connectivity index (χ1) is 14.5. The van der Waals surface area contributed by atoms with Gasteiger partial charge in [-0.2, -0.15) is 0 Å². The van der Waals surface area contributed by atoms with Crippen LogP contribution in [0.4, 0.5) is 5.69 Å². The van der Waals surface area contributed by atoms with Crippen molar-refractivity contribution in [2.24, 2.45) is 0 Å². The minimum atomic E-state index is -0.278. The van der Waals surface area contributed by atoms with Crippen LogP contribution in [0.1, 0.15) is 44.7 Å². The Morgan fingerprint density at radius 2 is 1.93 bits per heavy atom. The molecule has 0 spiro atoms. The largest absolute Gasteiger partial charge is 0.337 e. The molecular weight excluding hydrogens is 402 g/mol. The molecule has 2 aromatic heterocycles. The number of hydrogen-bond donors (Lipinski definition) is 1. The number of amides is 2. The van der Waals surface area contributed by atoms with Gasteiger partial charge in [0.05, 0.1) is 11.3 Å². The minimum absolute atomic E-state index is 0.0322. The number of anilines is 1. The fraction of sp³-hybridized carbons (Fsp3) is 0.227. The van der Waals surface area contributed by atoms with Gasteiger partial charge >= 0.3 is 0 Å². The predicted molar refractivity (Wildman–Crippen MR) is 114 cm³/mol. The normalized spacial score (nSPS) is 15.8. The molecular formula is C22H20ClN5O2. The second-order valence-electron chi connectivity index (χ2n) is 7.14. The van der Waals surface area contributed by atoms with Gasteiger partial charge in [0, 0.05) is 42.1 Å². The van der Waals surface area contributed by atoms with Gasteiger partial charge in [0.2, 0.25) is 0 Å². The summed E-state index contributed by atoms with van der Waals surface area (Å²) in [7, 11) is 0. The molecule has 1 aliphatic rings. The molecule has 30 heavy (non-hydrogen) atoms. The van der Waals surface area contributed by atoms with E-state index in [1.165, 1.54) is 0 Å². The number of benzene rings is 1. The number of carbonyl (C=O) groups is 2. The molecule has 1 fully saturated rings. The Kier molecular flexibility index (Phi) is 5.72. The molecule has 1 saturated heterocycles. The van der Waals surface area contributed by atoms with Gasteiger partial charge in [0.1, 0.15) is 11.5 Å². The highest BCUT2D eigenvalue weighted by atomic mass is 35.5. The number of nitrogens with zero attached hydrogens (tertiary/aromatic N) is 4. The van der Waals surface area contributed by atoms with E-state index in [0.29, 0.717) is 46.6 Å². The Hall–Kier alpha value is -3.32. The number of pyridine rings is 1. The Balaban J connectivity index is 1.44. The molecule has 1 aliphatic heterocycles. The lowest BCUT2D eigenvalue weighted by molar-refractivity contribution is 0.0784. The molecule has 7 nitrogen and oxygen atoms in total. The van der Waals surface area contributed by atoms with E-state index in [9.17, 15) is 9.59 Å². The van der Waals surface area contributed by atoms with Crippen LogP contribution in [0.3, 0.4) is 0 Å². The van der Waals surface area contributed by atoms with Gasteiger partial charge in [0.25, 0.3) is 11.8 Å². The lowest BCUT2D eigenvalue weighted by atomic mass is 10.1. The molecule has 3 aromatic rings. The highest BCUT2D eigenvalue weighted by Crippen LogP contribution is 2.26. The summed E-state index contributed by atoms with van der Waals surface area (Å²) in [6.07, 6.45) is 3.93. The summed E-state index contributed by atoms with van der Waals surface area (Å²) in [6, 6.07) is 12.2. The number of carbonyl (C=O) groups excluding carboxylic acids is 2. The molecule has 152 valence electrons. The molecule has 0 aliphatic carbocycles. The summed E-state index contributed by atoms with van der Waals surface area (Å²) in [5.74, 6) is 0.310. The zero-order chi connectivity index (χ0) is 21.1. The van der Waals surface area contributed by atoms with Crippen molar-refractivity contribution >= 4 is 29.1 Å². The quantitative estimate of drug-likeness (QED) is 0.693. The SMILES string of the molecule is Cc1nc(C2CCN(C(=O)c3ccccn3)C2)ncc1C(=O)Nc1ccc(Cl)cc1. The maximum absolute atomic E-state index is 12.6. The average molecular weight is 422 g/mol. The van der Waals surface area contributed by atoms with Crippen molar-refractivity contribution < 1.29 is 9.59 Å². The number of aryl methyl sites for hydroxylation is 1. The first-order valence-electron chi connectivity index (χ1n) is 9.62. The number of hydrogen-bond acceptors (Lipinski definition) is 5. The van der Waals surface area contributed by atoms with E-state index in [1.54, 1.807) is 66.7 Å². The topological polar surface area (TPSA) is 88.1 Å². The van der Waals surface area contributed by atoms with Crippen molar-refractivity contribution in [1.82, 2.24) is 19.9 Å². The Morgan fingerprint density at radius 1 is 1.13 bits per heavy atom. The highest BCUT2D eigenvalue weighted by molar-refractivity contribution is 6.30. The van der Waals surface area contributed by atoms with E-state index in [4.69, 9.17) is 11.6 Å². The maximum Gasteiger partial charge on any atom is 0.272 e. The summed E-state index contributed by atoms with van der Waals surface area (Å²) < 4.78 is 0. The van der Waals surface area contributed by atoms with Crippen LogP contribution >= 0.6 is 11.6 Å². The second kappa shape index (κ2) is 8.59. The van der Waals surface area contributed by atoms with Crippen LogP contribution in [0.5, 0.6) is 0 Å². The van der Waals surface area contributed by atoms with Crippen LogP contribution in [-0.4, -0.2) is 44.8 Å². The van der Waals surface area contributed by atoms with Gasteiger partial charge in [-0.25, -0.2) is 9.97 Å². The van der Waals surface area contributed by atoms with Gasteiger partial charge in [-0.05, 0) is 49.7 Å². The van der Waals surface area contributed by atoms with Crippen molar-refractivity contribution in [2.75, 3.05) is 18.4 Å². The van der Waals surface area contributed by atoms with Crippen molar-refractivity contribution in [3.63, 3.8) is 0 Å². The van der Waals surface area contributed by atoms with Gasteiger partial charge in [-0.15, -0.1) is 0 Å². The Morgan fingerprint density at radius 3 is 2.63 bits per heavy atom. The fourth-order valence-corrected chi connectivity index (χ4v) is 3.57. The number of aromatic nitrogens is 3. The lowest BCUT2D eigenvalue weighted by Gasteiger charge is -2.16. The minimum Gasteiger partial charge on any atom is -0.337 e. The molecule has 3 heterocycles. The van der Waals surface area contributed by atoms with E-state index in [-0.39, 0.29) is 17.7 Å². The van der Waals surface area contributed by atoms with Crippen molar-refractivity contribution in [2.45, 2.75) is 19.3 Å². The third kappa shape index (κ3) is 4.31. The number of nitrogens with one attached hydrogen (secondary N) is 1. The first-order valence-corrected chi connectivity index (χ1v) is 10.00. The highest BCUT2D eigenvalue weighted by Gasteiger charge is 2.30. The van der Waals surface area contributed by atoms with Gasteiger partial charge < -0.3 is 10.2 Å². The van der Waals surface area contributed by atoms with E-state index in [2.05, 4.69) is 20.3 Å². The number of rotatable bonds is 4. The fourth-order valence-electron chi connectivity index (χ4n) is 3.44. The monoisotopic (exact) mass is 421 g/mol. The molecule has 2 amide bonds. The molecule has 0 bridgehead atoms. The summed E-state index contributed by atoms with van der Waals surface area (Å²) in [5.41, 5.74) is 2.09. The average Bonchev–Trinajstić information content (AvgIpc) is 3.25. The summed E-state index contributed by atoms with van der Waals surface area (Å²) in [6.45, 7) is 2.94. The first kappa shape index (κ1) is 20.0. The van der Waals surface area contributed by atoms with Gasteiger partial charge in [0.15, 0.2) is 0 Å². The second-order valence-corrected chi connectivity index (χ2v) is 7.58. The van der Waals surface area contributed by atoms with Gasteiger partial charge in [-0.3, -0.25) is 14.6 Å². The van der Waals surface area contributed by atoms with E-state index in [1.807, 2.05) is 0 Å². The van der Waals surface area contributed by atoms with Crippen LogP contribution in [0.2, 0.25) is 5.02 Å². The number of likely N-dealkylation sites (tertiary alicyclic amines) is 1. The zero-order valence-electron chi connectivity index (χ0n) is 16.4. The predicted octanol–water partition coefficient (Wildman–Crippen LogP) is 3.72. The van der Waals surface area contributed by atoms with Gasteiger partial charge in [-0.1, -0.05) is 17.7 Å². The van der Waals surface area contributed by atoms with Crippen LogP contribution in [0.15, 0.2) is 54.9 Å². The van der Waals surface area contributed by atoms with Crippen LogP contribution in [-0.2, 0) is 0 Å². The van der Waals surface area contributed by atoms with Crippen molar-refractivity contribution in [3.05, 3.63) is 82.7 Å². The molecule has 8 heteroatoms. The van der Waals surface area contributed by atoms with E-state index in [0.717, 1.165) is 6.42 Å². The third-order valence-corrected chi connectivity index (χ3v) is 5.32. The Bertz CT molecular complexity index is 1070. The number of halogens is 1. The molecule has 4 rings (SSSR count). The van der Waals surface area contributed by atoms with E-state index >= 15 is 0 Å². The lowest BCUT2D eigenvalue weighted by Crippen LogP contribution is -2.29. The third-order valence-electron chi connectivity index (χ3n) is 5.07. The summed E-state index contributed by atoms with van der Waals surface area (Å²) in [5, 5.41) is 3.42. The molecule has 1 unspecified atom stereocenters. The van der Waals surface area contributed by atoms with Crippen LogP contribution in [0, 0.1) is 6.92 Å². The van der Waals surface area contributed by atoms with Crippen LogP contribution in [0.25, 0.3) is 0 Å². The Labute approximate surface area is 179 Å². The zero-order valence-corrected chi connectivity index (χ0v) is 17.1. The standard InChI is InChI=1S/C22H20ClN5O2/c1-14-18(21(29)27-17-7-5-16(23)6-8-17)12-25-20(26-14)15-9-11-28(13-15)22(30)19-4-2-3-10-24-19/h2-8,10,12,15H,9,11,13H2,1H3,(H,27,29). The molecule has 1 atom stereocenters. The smallest absolute Gasteiger partial charge is 0.272 e. The van der Waals surface area contributed by atoms with E-state index < -0.39 is 0 Å². The molecule has 1 aromatic carbocycles. The molecule has 0 radical (unpaired) electrons. The molecule has 1 N–H and O–H groups in total. The summed E-state index contributed by atoms with van der Waals surface area (Å²) in [4.78, 5) is 40.0. The molecule has 0 saturated carbocycles. The maximum atomic E-state index is 12.6. The van der Waals surface area contributed by atoms with Crippen LogP contribution < -0.4 is 5.32 Å².